The van der Waals surface area contributed by atoms with Gasteiger partial charge in [0.05, 0.1) is 5.56 Å². The maximum atomic E-state index is 12.5. The molecule has 0 unspecified atom stereocenters. The zero-order chi connectivity index (χ0) is 16.8. The number of nitrogens with zero attached hydrogens (tertiary/aromatic N) is 3. The summed E-state index contributed by atoms with van der Waals surface area (Å²) in [6.45, 7) is 0.571. The van der Waals surface area contributed by atoms with Crippen LogP contribution in [0.2, 0.25) is 0 Å². The van der Waals surface area contributed by atoms with Crippen LogP contribution in [0.4, 0.5) is 5.95 Å². The Hall–Kier alpha value is -2.43. The monoisotopic (exact) mass is 324 g/mol. The summed E-state index contributed by atoms with van der Waals surface area (Å²) in [5, 5.41) is 3.37. The molecule has 2 aromatic rings. The van der Waals surface area contributed by atoms with Crippen molar-refractivity contribution in [3.63, 3.8) is 0 Å². The Bertz CT molecular complexity index is 651. The molecule has 1 aromatic heterocycles. The van der Waals surface area contributed by atoms with Crippen molar-refractivity contribution in [2.75, 3.05) is 12.4 Å². The van der Waals surface area contributed by atoms with Gasteiger partial charge in [-0.2, -0.15) is 0 Å². The normalized spacial score (nSPS) is 15.0. The van der Waals surface area contributed by atoms with E-state index in [4.69, 9.17) is 0 Å². The van der Waals surface area contributed by atoms with Crippen molar-refractivity contribution in [2.45, 2.75) is 44.7 Å². The Labute approximate surface area is 143 Å². The average molecular weight is 324 g/mol. The van der Waals surface area contributed by atoms with Gasteiger partial charge in [-0.05, 0) is 18.4 Å². The zero-order valence-corrected chi connectivity index (χ0v) is 14.1. The van der Waals surface area contributed by atoms with E-state index in [1.807, 2.05) is 30.3 Å². The molecule has 1 heterocycles. The Balaban J connectivity index is 1.58. The number of benzene rings is 1. The lowest BCUT2D eigenvalue weighted by Gasteiger charge is -2.22. The minimum Gasteiger partial charge on any atom is -0.351 e. The van der Waals surface area contributed by atoms with E-state index in [1.165, 1.54) is 32.1 Å². The molecule has 0 radical (unpaired) electrons. The van der Waals surface area contributed by atoms with Gasteiger partial charge < -0.3 is 10.2 Å². The first kappa shape index (κ1) is 16.4. The number of carbonyl (C=O) groups is 1. The summed E-state index contributed by atoms with van der Waals surface area (Å²) in [4.78, 5) is 22.8. The second kappa shape index (κ2) is 7.90. The summed E-state index contributed by atoms with van der Waals surface area (Å²) >= 11 is 0. The molecule has 1 saturated carbocycles. The quantitative estimate of drug-likeness (QED) is 0.914. The Morgan fingerprint density at radius 2 is 1.79 bits per heavy atom. The van der Waals surface area contributed by atoms with Crippen LogP contribution in [0.1, 0.15) is 48.0 Å². The lowest BCUT2D eigenvalue weighted by molar-refractivity contribution is 0.0784. The topological polar surface area (TPSA) is 58.1 Å². The van der Waals surface area contributed by atoms with Crippen molar-refractivity contribution in [1.29, 1.82) is 0 Å². The molecule has 5 heteroatoms. The van der Waals surface area contributed by atoms with Crippen LogP contribution < -0.4 is 5.32 Å². The second-order valence-electron chi connectivity index (χ2n) is 6.42. The third-order valence-corrected chi connectivity index (χ3v) is 4.45. The van der Waals surface area contributed by atoms with E-state index >= 15 is 0 Å². The predicted molar refractivity (Wildman–Crippen MR) is 94.8 cm³/mol. The highest BCUT2D eigenvalue weighted by molar-refractivity contribution is 5.93. The van der Waals surface area contributed by atoms with Crippen molar-refractivity contribution >= 4 is 11.9 Å². The van der Waals surface area contributed by atoms with Crippen LogP contribution >= 0.6 is 0 Å². The second-order valence-corrected chi connectivity index (χ2v) is 6.42. The van der Waals surface area contributed by atoms with Crippen molar-refractivity contribution in [3.05, 3.63) is 53.9 Å². The highest BCUT2D eigenvalue weighted by Gasteiger charge is 2.16. The van der Waals surface area contributed by atoms with E-state index in [2.05, 4.69) is 15.3 Å². The molecule has 1 aliphatic rings. The largest absolute Gasteiger partial charge is 0.351 e. The van der Waals surface area contributed by atoms with Gasteiger partial charge in [0.1, 0.15) is 0 Å². The first-order valence-electron chi connectivity index (χ1n) is 8.60. The standard InChI is InChI=1S/C19H24N4O/c1-23(14-15-8-4-2-5-9-15)18(24)16-12-20-19(21-13-16)22-17-10-6-3-7-11-17/h2,4-5,8-9,12-13,17H,3,6-7,10-11,14H2,1H3,(H,20,21,22). The molecule has 1 aromatic carbocycles. The van der Waals surface area contributed by atoms with E-state index in [-0.39, 0.29) is 5.91 Å². The third kappa shape index (κ3) is 4.31. The van der Waals surface area contributed by atoms with Crippen molar-refractivity contribution < 1.29 is 4.79 Å². The van der Waals surface area contributed by atoms with Gasteiger partial charge in [0.25, 0.3) is 5.91 Å². The molecule has 0 spiro atoms. The molecular formula is C19H24N4O. The van der Waals surface area contributed by atoms with E-state index in [0.717, 1.165) is 5.56 Å². The van der Waals surface area contributed by atoms with Crippen LogP contribution in [0.15, 0.2) is 42.7 Å². The summed E-state index contributed by atoms with van der Waals surface area (Å²) in [6, 6.07) is 10.4. The number of nitrogens with one attached hydrogen (secondary N) is 1. The van der Waals surface area contributed by atoms with Gasteiger partial charge in [0, 0.05) is 32.0 Å². The first-order chi connectivity index (χ1) is 11.7. The van der Waals surface area contributed by atoms with E-state index in [9.17, 15) is 4.79 Å². The summed E-state index contributed by atoms with van der Waals surface area (Å²) in [6.07, 6.45) is 9.41. The smallest absolute Gasteiger partial charge is 0.257 e. The van der Waals surface area contributed by atoms with E-state index in [1.54, 1.807) is 24.3 Å². The molecule has 126 valence electrons. The molecule has 0 atom stereocenters. The summed E-state index contributed by atoms with van der Waals surface area (Å²) < 4.78 is 0. The van der Waals surface area contributed by atoms with Crippen LogP contribution in [-0.4, -0.2) is 33.9 Å². The lowest BCUT2D eigenvalue weighted by atomic mass is 9.96. The molecule has 3 rings (SSSR count). The molecule has 0 saturated heterocycles. The number of rotatable bonds is 5. The number of amides is 1. The summed E-state index contributed by atoms with van der Waals surface area (Å²) in [7, 11) is 1.80. The summed E-state index contributed by atoms with van der Waals surface area (Å²) in [5.41, 5.74) is 1.62. The van der Waals surface area contributed by atoms with Gasteiger partial charge >= 0.3 is 0 Å². The predicted octanol–water partition coefficient (Wildman–Crippen LogP) is 3.49. The van der Waals surface area contributed by atoms with Crippen LogP contribution in [-0.2, 0) is 6.54 Å². The zero-order valence-electron chi connectivity index (χ0n) is 14.1. The molecule has 24 heavy (non-hydrogen) atoms. The van der Waals surface area contributed by atoms with Gasteiger partial charge in [0.2, 0.25) is 5.95 Å². The van der Waals surface area contributed by atoms with Gasteiger partial charge in [-0.15, -0.1) is 0 Å². The van der Waals surface area contributed by atoms with Gasteiger partial charge in [-0.3, -0.25) is 4.79 Å². The third-order valence-electron chi connectivity index (χ3n) is 4.45. The van der Waals surface area contributed by atoms with Crippen molar-refractivity contribution in [1.82, 2.24) is 14.9 Å². The van der Waals surface area contributed by atoms with E-state index < -0.39 is 0 Å². The summed E-state index contributed by atoms with van der Waals surface area (Å²) in [5.74, 6) is 0.548. The first-order valence-corrected chi connectivity index (χ1v) is 8.60. The Morgan fingerprint density at radius 3 is 2.46 bits per heavy atom. The molecule has 0 aliphatic heterocycles. The Morgan fingerprint density at radius 1 is 1.12 bits per heavy atom. The van der Waals surface area contributed by atoms with Crippen LogP contribution in [0.3, 0.4) is 0 Å². The number of anilines is 1. The average Bonchev–Trinajstić information content (AvgIpc) is 2.63. The minimum absolute atomic E-state index is 0.0666. The number of hydrogen-bond acceptors (Lipinski definition) is 4. The number of hydrogen-bond donors (Lipinski definition) is 1. The lowest BCUT2D eigenvalue weighted by Crippen LogP contribution is -2.27. The minimum atomic E-state index is -0.0666. The fraction of sp³-hybridized carbons (Fsp3) is 0.421. The van der Waals surface area contributed by atoms with Crippen LogP contribution in [0, 0.1) is 0 Å². The molecular weight excluding hydrogens is 300 g/mol. The van der Waals surface area contributed by atoms with Gasteiger partial charge in [-0.25, -0.2) is 9.97 Å². The molecule has 1 N–H and O–H groups in total. The number of carbonyl (C=O) groups excluding carboxylic acids is 1. The SMILES string of the molecule is CN(Cc1ccccc1)C(=O)c1cnc(NC2CCCCC2)nc1. The highest BCUT2D eigenvalue weighted by Crippen LogP contribution is 2.20. The van der Waals surface area contributed by atoms with Gasteiger partial charge in [0.15, 0.2) is 0 Å². The fourth-order valence-corrected chi connectivity index (χ4v) is 3.09. The van der Waals surface area contributed by atoms with Crippen LogP contribution in [0.5, 0.6) is 0 Å². The maximum Gasteiger partial charge on any atom is 0.257 e. The van der Waals surface area contributed by atoms with Crippen molar-refractivity contribution in [2.24, 2.45) is 0 Å². The van der Waals surface area contributed by atoms with Gasteiger partial charge in [-0.1, -0.05) is 49.6 Å². The molecule has 1 fully saturated rings. The Kier molecular flexibility index (Phi) is 5.41. The van der Waals surface area contributed by atoms with E-state index in [0.29, 0.717) is 24.1 Å². The highest BCUT2D eigenvalue weighted by atomic mass is 16.2. The molecule has 1 amide bonds. The molecule has 5 nitrogen and oxygen atoms in total. The number of aromatic nitrogens is 2. The maximum absolute atomic E-state index is 12.5. The van der Waals surface area contributed by atoms with Crippen LogP contribution in [0.25, 0.3) is 0 Å². The fourth-order valence-electron chi connectivity index (χ4n) is 3.09. The molecule has 1 aliphatic carbocycles. The van der Waals surface area contributed by atoms with Crippen molar-refractivity contribution in [3.8, 4) is 0 Å². The molecule has 0 bridgehead atoms.